The average Bonchev–Trinajstić information content (AvgIpc) is 2.35. The number of benzene rings is 1. The van der Waals surface area contributed by atoms with Crippen LogP contribution < -0.4 is 0 Å². The molecule has 2 heteroatoms. The molecule has 2 nitrogen and oxygen atoms in total. The van der Waals surface area contributed by atoms with Crippen molar-refractivity contribution < 1.29 is 9.53 Å². The molecule has 0 bridgehead atoms. The van der Waals surface area contributed by atoms with Crippen LogP contribution in [0, 0.1) is 5.41 Å². The van der Waals surface area contributed by atoms with Gasteiger partial charge in [-0.15, -0.1) is 0 Å². The summed E-state index contributed by atoms with van der Waals surface area (Å²) in [7, 11) is 0. The number of hydrogen-bond acceptors (Lipinski definition) is 2. The quantitative estimate of drug-likeness (QED) is 0.541. The second kappa shape index (κ2) is 7.12. The standard InChI is InChI=1S/C16H22O2/c1-4-8-15(16(2,3)11-12-17)18-13-14-9-6-5-7-10-14/h4-10,12,15H,11,13H2,1-3H3/b8-4+/t15-/m0/s1. The SMILES string of the molecule is C/C=C/[C@H](OCc1ccccc1)C(C)(C)CC=O. The monoisotopic (exact) mass is 246 g/mol. The number of carbonyl (C=O) groups excluding carboxylic acids is 1. The van der Waals surface area contributed by atoms with Crippen LogP contribution in [0.1, 0.15) is 32.8 Å². The zero-order chi connectivity index (χ0) is 13.4. The van der Waals surface area contributed by atoms with E-state index in [1.807, 2.05) is 49.4 Å². The van der Waals surface area contributed by atoms with E-state index in [4.69, 9.17) is 4.74 Å². The highest BCUT2D eigenvalue weighted by molar-refractivity contribution is 5.50. The molecule has 1 rings (SSSR count). The van der Waals surface area contributed by atoms with Gasteiger partial charge in [-0.3, -0.25) is 0 Å². The Morgan fingerprint density at radius 1 is 1.28 bits per heavy atom. The molecule has 0 unspecified atom stereocenters. The summed E-state index contributed by atoms with van der Waals surface area (Å²) in [4.78, 5) is 10.7. The smallest absolute Gasteiger partial charge is 0.120 e. The molecule has 0 fully saturated rings. The second-order valence-corrected chi connectivity index (χ2v) is 5.10. The van der Waals surface area contributed by atoms with Gasteiger partial charge in [-0.1, -0.05) is 56.3 Å². The fourth-order valence-electron chi connectivity index (χ4n) is 1.81. The summed E-state index contributed by atoms with van der Waals surface area (Å²) < 4.78 is 5.94. The van der Waals surface area contributed by atoms with Crippen molar-refractivity contribution in [2.75, 3.05) is 0 Å². The molecule has 1 atom stereocenters. The third-order valence-corrected chi connectivity index (χ3v) is 3.02. The van der Waals surface area contributed by atoms with Gasteiger partial charge in [-0.25, -0.2) is 0 Å². The summed E-state index contributed by atoms with van der Waals surface area (Å²) in [6.07, 6.45) is 5.40. The third-order valence-electron chi connectivity index (χ3n) is 3.02. The lowest BCUT2D eigenvalue weighted by atomic mass is 9.83. The summed E-state index contributed by atoms with van der Waals surface area (Å²) in [5.74, 6) is 0. The van der Waals surface area contributed by atoms with Gasteiger partial charge in [0.15, 0.2) is 0 Å². The van der Waals surface area contributed by atoms with E-state index in [9.17, 15) is 4.79 Å². The Labute approximate surface area is 110 Å². The number of rotatable bonds is 7. The Balaban J connectivity index is 2.66. The zero-order valence-corrected chi connectivity index (χ0v) is 11.4. The molecule has 0 aliphatic rings. The van der Waals surface area contributed by atoms with Crippen LogP contribution >= 0.6 is 0 Å². The molecule has 1 aromatic rings. The molecular formula is C16H22O2. The lowest BCUT2D eigenvalue weighted by Crippen LogP contribution is -2.30. The van der Waals surface area contributed by atoms with Gasteiger partial charge in [-0.05, 0) is 12.5 Å². The first-order chi connectivity index (χ1) is 8.60. The number of hydrogen-bond donors (Lipinski definition) is 0. The maximum atomic E-state index is 10.7. The largest absolute Gasteiger partial charge is 0.369 e. The van der Waals surface area contributed by atoms with Crippen LogP contribution in [0.2, 0.25) is 0 Å². The molecule has 0 saturated carbocycles. The molecule has 0 aliphatic heterocycles. The van der Waals surface area contributed by atoms with Crippen molar-refractivity contribution in [3.8, 4) is 0 Å². The van der Waals surface area contributed by atoms with Gasteiger partial charge in [-0.2, -0.15) is 0 Å². The van der Waals surface area contributed by atoms with Crippen LogP contribution in [0.15, 0.2) is 42.5 Å². The lowest BCUT2D eigenvalue weighted by molar-refractivity contribution is -0.111. The highest BCUT2D eigenvalue weighted by Gasteiger charge is 2.27. The Bertz CT molecular complexity index is 379. The van der Waals surface area contributed by atoms with Crippen LogP contribution in [0.3, 0.4) is 0 Å². The normalized spacial score (nSPS) is 13.7. The molecule has 0 aromatic heterocycles. The van der Waals surface area contributed by atoms with E-state index < -0.39 is 0 Å². The van der Waals surface area contributed by atoms with Crippen LogP contribution in [0.25, 0.3) is 0 Å². The third kappa shape index (κ3) is 4.46. The first-order valence-corrected chi connectivity index (χ1v) is 6.32. The summed E-state index contributed by atoms with van der Waals surface area (Å²) in [5.41, 5.74) is 0.970. The Hall–Kier alpha value is -1.41. The van der Waals surface area contributed by atoms with Gasteiger partial charge in [0.2, 0.25) is 0 Å². The molecule has 0 spiro atoms. The summed E-state index contributed by atoms with van der Waals surface area (Å²) in [6, 6.07) is 10.1. The molecular weight excluding hydrogens is 224 g/mol. The van der Waals surface area contributed by atoms with Crippen LogP contribution in [0.4, 0.5) is 0 Å². The minimum Gasteiger partial charge on any atom is -0.369 e. The average molecular weight is 246 g/mol. The molecule has 0 saturated heterocycles. The Morgan fingerprint density at radius 3 is 2.50 bits per heavy atom. The van der Waals surface area contributed by atoms with Gasteiger partial charge < -0.3 is 9.53 Å². The molecule has 1 aromatic carbocycles. The van der Waals surface area contributed by atoms with Gasteiger partial charge in [0.1, 0.15) is 6.29 Å². The zero-order valence-electron chi connectivity index (χ0n) is 11.4. The first kappa shape index (κ1) is 14.7. The van der Waals surface area contributed by atoms with Crippen LogP contribution in [-0.2, 0) is 16.1 Å². The number of ether oxygens (including phenoxy) is 1. The van der Waals surface area contributed by atoms with Crippen molar-refractivity contribution in [1.82, 2.24) is 0 Å². The molecule has 18 heavy (non-hydrogen) atoms. The molecule has 0 amide bonds. The minimum absolute atomic E-state index is 0.0482. The highest BCUT2D eigenvalue weighted by Crippen LogP contribution is 2.28. The van der Waals surface area contributed by atoms with Crippen molar-refractivity contribution in [3.63, 3.8) is 0 Å². The highest BCUT2D eigenvalue weighted by atomic mass is 16.5. The molecule has 0 aliphatic carbocycles. The Morgan fingerprint density at radius 2 is 1.94 bits per heavy atom. The van der Waals surface area contributed by atoms with E-state index >= 15 is 0 Å². The fraction of sp³-hybridized carbons (Fsp3) is 0.438. The molecule has 98 valence electrons. The number of aldehydes is 1. The van der Waals surface area contributed by atoms with E-state index in [0.29, 0.717) is 13.0 Å². The summed E-state index contributed by atoms with van der Waals surface area (Å²) in [6.45, 7) is 6.64. The van der Waals surface area contributed by atoms with Crippen molar-refractivity contribution in [3.05, 3.63) is 48.0 Å². The van der Waals surface area contributed by atoms with Gasteiger partial charge in [0, 0.05) is 11.8 Å². The number of carbonyl (C=O) groups is 1. The maximum Gasteiger partial charge on any atom is 0.120 e. The van der Waals surface area contributed by atoms with Crippen LogP contribution in [0.5, 0.6) is 0 Å². The van der Waals surface area contributed by atoms with Crippen molar-refractivity contribution in [2.45, 2.75) is 39.9 Å². The van der Waals surface area contributed by atoms with E-state index in [1.54, 1.807) is 0 Å². The van der Waals surface area contributed by atoms with Crippen molar-refractivity contribution >= 4 is 6.29 Å². The predicted molar refractivity (Wildman–Crippen MR) is 74.3 cm³/mol. The van der Waals surface area contributed by atoms with Gasteiger partial charge in [0.05, 0.1) is 12.7 Å². The van der Waals surface area contributed by atoms with Gasteiger partial charge in [0.25, 0.3) is 0 Å². The van der Waals surface area contributed by atoms with E-state index in [0.717, 1.165) is 11.8 Å². The van der Waals surface area contributed by atoms with Gasteiger partial charge >= 0.3 is 0 Å². The molecule has 0 heterocycles. The minimum atomic E-state index is -0.178. The van der Waals surface area contributed by atoms with Crippen molar-refractivity contribution in [1.29, 1.82) is 0 Å². The topological polar surface area (TPSA) is 26.3 Å². The number of allylic oxidation sites excluding steroid dienone is 1. The fourth-order valence-corrected chi connectivity index (χ4v) is 1.81. The van der Waals surface area contributed by atoms with Crippen LogP contribution in [-0.4, -0.2) is 12.4 Å². The summed E-state index contributed by atoms with van der Waals surface area (Å²) in [5, 5.41) is 0. The maximum absolute atomic E-state index is 10.7. The van der Waals surface area contributed by atoms with E-state index in [-0.39, 0.29) is 11.5 Å². The predicted octanol–water partition coefficient (Wildman–Crippen LogP) is 3.76. The molecule has 0 radical (unpaired) electrons. The van der Waals surface area contributed by atoms with E-state index in [2.05, 4.69) is 13.8 Å². The van der Waals surface area contributed by atoms with E-state index in [1.165, 1.54) is 0 Å². The lowest BCUT2D eigenvalue weighted by Gasteiger charge is -2.30. The van der Waals surface area contributed by atoms with Crippen molar-refractivity contribution in [2.24, 2.45) is 5.41 Å². The Kier molecular flexibility index (Phi) is 5.79. The molecule has 0 N–H and O–H groups in total. The second-order valence-electron chi connectivity index (χ2n) is 5.10. The summed E-state index contributed by atoms with van der Waals surface area (Å²) >= 11 is 0. The first-order valence-electron chi connectivity index (χ1n) is 6.32.